The highest BCUT2D eigenvalue weighted by Gasteiger charge is 2.22. The van der Waals surface area contributed by atoms with Crippen LogP contribution in [0.15, 0.2) is 24.3 Å². The number of nitrogens with zero attached hydrogens (tertiary/aromatic N) is 1. The van der Waals surface area contributed by atoms with Crippen LogP contribution in [0.25, 0.3) is 0 Å². The molecule has 2 unspecified atom stereocenters. The summed E-state index contributed by atoms with van der Waals surface area (Å²) in [5.74, 6) is 2.01. The number of rotatable bonds is 8. The third-order valence-corrected chi connectivity index (χ3v) is 4.05. The summed E-state index contributed by atoms with van der Waals surface area (Å²) in [5, 5.41) is 0. The molecule has 0 saturated heterocycles. The molecule has 0 heterocycles. The Bertz CT molecular complexity index is 356. The maximum Gasteiger partial charge on any atom is 0.118 e. The van der Waals surface area contributed by atoms with E-state index in [1.807, 2.05) is 23.9 Å². The standard InChI is InChI=1S/C15H26N2OS/c1-5-14(16)15(17(2)10-11-19-4)12-6-8-13(18-3)9-7-12/h6-9,14-15H,5,10-11,16H2,1-4H3. The lowest BCUT2D eigenvalue weighted by molar-refractivity contribution is 0.221. The SMILES string of the molecule is CCC(N)C(c1ccc(OC)cc1)N(C)CCSC. The summed E-state index contributed by atoms with van der Waals surface area (Å²) >= 11 is 1.87. The van der Waals surface area contributed by atoms with Crippen LogP contribution in [0.2, 0.25) is 0 Å². The van der Waals surface area contributed by atoms with Gasteiger partial charge in [0.2, 0.25) is 0 Å². The lowest BCUT2D eigenvalue weighted by Gasteiger charge is -2.32. The first-order chi connectivity index (χ1) is 9.13. The zero-order chi connectivity index (χ0) is 14.3. The normalized spacial score (nSPS) is 14.4. The molecule has 3 nitrogen and oxygen atoms in total. The topological polar surface area (TPSA) is 38.5 Å². The van der Waals surface area contributed by atoms with E-state index in [1.165, 1.54) is 5.56 Å². The van der Waals surface area contributed by atoms with Crippen LogP contribution >= 0.6 is 11.8 Å². The summed E-state index contributed by atoms with van der Waals surface area (Å²) < 4.78 is 5.21. The van der Waals surface area contributed by atoms with Gasteiger partial charge in [-0.1, -0.05) is 19.1 Å². The van der Waals surface area contributed by atoms with Crippen molar-refractivity contribution in [3.05, 3.63) is 29.8 Å². The smallest absolute Gasteiger partial charge is 0.118 e. The minimum absolute atomic E-state index is 0.153. The van der Waals surface area contributed by atoms with Crippen molar-refractivity contribution >= 4 is 11.8 Å². The van der Waals surface area contributed by atoms with Crippen LogP contribution in [-0.4, -0.2) is 43.7 Å². The fourth-order valence-corrected chi connectivity index (χ4v) is 2.70. The van der Waals surface area contributed by atoms with Crippen LogP contribution in [0.5, 0.6) is 5.75 Å². The van der Waals surface area contributed by atoms with Crippen molar-refractivity contribution in [2.75, 3.05) is 32.7 Å². The molecule has 2 atom stereocenters. The van der Waals surface area contributed by atoms with E-state index < -0.39 is 0 Å². The molecule has 1 aromatic rings. The molecule has 0 saturated carbocycles. The van der Waals surface area contributed by atoms with Crippen LogP contribution in [0.1, 0.15) is 24.9 Å². The van der Waals surface area contributed by atoms with Crippen molar-refractivity contribution in [3.8, 4) is 5.75 Å². The molecule has 0 aliphatic heterocycles. The first kappa shape index (κ1) is 16.3. The second kappa shape index (κ2) is 8.46. The summed E-state index contributed by atoms with van der Waals surface area (Å²) in [4.78, 5) is 2.35. The number of thioether (sulfide) groups is 1. The Balaban J connectivity index is 2.88. The van der Waals surface area contributed by atoms with Crippen molar-refractivity contribution in [1.29, 1.82) is 0 Å². The molecule has 0 amide bonds. The van der Waals surface area contributed by atoms with Gasteiger partial charge in [-0.05, 0) is 37.4 Å². The van der Waals surface area contributed by atoms with E-state index in [4.69, 9.17) is 10.5 Å². The number of hydrogen-bond donors (Lipinski definition) is 1. The van der Waals surface area contributed by atoms with Gasteiger partial charge >= 0.3 is 0 Å². The van der Waals surface area contributed by atoms with Gasteiger partial charge in [0.25, 0.3) is 0 Å². The van der Waals surface area contributed by atoms with Gasteiger partial charge in [-0.2, -0.15) is 11.8 Å². The first-order valence-corrected chi connectivity index (χ1v) is 8.12. The fraction of sp³-hybridized carbons (Fsp3) is 0.600. The second-order valence-electron chi connectivity index (χ2n) is 4.76. The molecule has 4 heteroatoms. The van der Waals surface area contributed by atoms with Crippen LogP contribution in [0.3, 0.4) is 0 Å². The summed E-state index contributed by atoms with van der Waals surface area (Å²) in [5.41, 5.74) is 7.58. The molecule has 0 aliphatic rings. The Morgan fingerprint density at radius 2 is 1.95 bits per heavy atom. The Morgan fingerprint density at radius 1 is 1.32 bits per heavy atom. The maximum atomic E-state index is 6.31. The molecule has 0 fully saturated rings. The number of likely N-dealkylation sites (N-methyl/N-ethyl adjacent to an activating group) is 1. The Hall–Kier alpha value is -0.710. The minimum Gasteiger partial charge on any atom is -0.497 e. The number of ether oxygens (including phenoxy) is 1. The van der Waals surface area contributed by atoms with E-state index >= 15 is 0 Å². The number of methoxy groups -OCH3 is 1. The summed E-state index contributed by atoms with van der Waals surface area (Å²) in [6.07, 6.45) is 3.11. The van der Waals surface area contributed by atoms with Gasteiger partial charge in [0.05, 0.1) is 7.11 Å². The van der Waals surface area contributed by atoms with Crippen molar-refractivity contribution in [2.24, 2.45) is 5.73 Å². The minimum atomic E-state index is 0.153. The Labute approximate surface area is 121 Å². The molecule has 0 radical (unpaired) electrons. The molecule has 0 spiro atoms. The van der Waals surface area contributed by atoms with E-state index in [0.717, 1.165) is 24.5 Å². The van der Waals surface area contributed by atoms with Gasteiger partial charge in [-0.3, -0.25) is 4.90 Å². The number of benzene rings is 1. The van der Waals surface area contributed by atoms with Gasteiger partial charge < -0.3 is 10.5 Å². The molecular weight excluding hydrogens is 256 g/mol. The highest BCUT2D eigenvalue weighted by atomic mass is 32.2. The zero-order valence-corrected chi connectivity index (χ0v) is 13.2. The lowest BCUT2D eigenvalue weighted by Crippen LogP contribution is -2.39. The molecule has 0 aromatic heterocycles. The van der Waals surface area contributed by atoms with Crippen molar-refractivity contribution in [3.63, 3.8) is 0 Å². The van der Waals surface area contributed by atoms with Crippen molar-refractivity contribution in [1.82, 2.24) is 4.90 Å². The van der Waals surface area contributed by atoms with Gasteiger partial charge in [0.15, 0.2) is 0 Å². The van der Waals surface area contributed by atoms with Gasteiger partial charge in [0, 0.05) is 24.4 Å². The zero-order valence-electron chi connectivity index (χ0n) is 12.4. The molecule has 0 aliphatic carbocycles. The number of nitrogens with two attached hydrogens (primary N) is 1. The quantitative estimate of drug-likeness (QED) is 0.796. The average Bonchev–Trinajstić information content (AvgIpc) is 2.45. The summed E-state index contributed by atoms with van der Waals surface area (Å²) in [6, 6.07) is 8.67. The fourth-order valence-electron chi connectivity index (χ4n) is 2.23. The van der Waals surface area contributed by atoms with E-state index in [-0.39, 0.29) is 12.1 Å². The number of hydrogen-bond acceptors (Lipinski definition) is 4. The Morgan fingerprint density at radius 3 is 2.42 bits per heavy atom. The predicted molar refractivity (Wildman–Crippen MR) is 85.0 cm³/mol. The largest absolute Gasteiger partial charge is 0.497 e. The highest BCUT2D eigenvalue weighted by molar-refractivity contribution is 7.98. The molecule has 19 heavy (non-hydrogen) atoms. The van der Waals surface area contributed by atoms with Gasteiger partial charge in [-0.25, -0.2) is 0 Å². The van der Waals surface area contributed by atoms with Crippen molar-refractivity contribution < 1.29 is 4.74 Å². The van der Waals surface area contributed by atoms with Crippen LogP contribution in [0, 0.1) is 0 Å². The van der Waals surface area contributed by atoms with E-state index in [1.54, 1.807) is 7.11 Å². The molecule has 2 N–H and O–H groups in total. The third kappa shape index (κ3) is 4.71. The summed E-state index contributed by atoms with van der Waals surface area (Å²) in [6.45, 7) is 3.19. The van der Waals surface area contributed by atoms with Crippen molar-refractivity contribution in [2.45, 2.75) is 25.4 Å². The third-order valence-electron chi connectivity index (χ3n) is 3.46. The lowest BCUT2D eigenvalue weighted by atomic mass is 9.96. The molecule has 0 bridgehead atoms. The molecule has 108 valence electrons. The molecule has 1 rings (SSSR count). The highest BCUT2D eigenvalue weighted by Crippen LogP contribution is 2.25. The predicted octanol–water partition coefficient (Wildman–Crippen LogP) is 2.77. The van der Waals surface area contributed by atoms with E-state index in [0.29, 0.717) is 0 Å². The maximum absolute atomic E-state index is 6.31. The average molecular weight is 282 g/mol. The Kier molecular flexibility index (Phi) is 7.28. The molecular formula is C15H26N2OS. The molecule has 1 aromatic carbocycles. The van der Waals surface area contributed by atoms with Crippen LogP contribution in [0.4, 0.5) is 0 Å². The second-order valence-corrected chi connectivity index (χ2v) is 5.75. The van der Waals surface area contributed by atoms with Crippen LogP contribution in [-0.2, 0) is 0 Å². The van der Waals surface area contributed by atoms with E-state index in [2.05, 4.69) is 37.3 Å². The monoisotopic (exact) mass is 282 g/mol. The summed E-state index contributed by atoms with van der Waals surface area (Å²) in [7, 11) is 3.84. The van der Waals surface area contributed by atoms with E-state index in [9.17, 15) is 0 Å². The van der Waals surface area contributed by atoms with Gasteiger partial charge in [0.1, 0.15) is 5.75 Å². The van der Waals surface area contributed by atoms with Gasteiger partial charge in [-0.15, -0.1) is 0 Å². The van der Waals surface area contributed by atoms with Crippen LogP contribution < -0.4 is 10.5 Å². The first-order valence-electron chi connectivity index (χ1n) is 6.72.